The van der Waals surface area contributed by atoms with Gasteiger partial charge in [0.25, 0.3) is 5.69 Å². The van der Waals surface area contributed by atoms with Gasteiger partial charge < -0.3 is 10.6 Å². The Labute approximate surface area is 105 Å². The predicted molar refractivity (Wildman–Crippen MR) is 67.3 cm³/mol. The average Bonchev–Trinajstić information content (AvgIpc) is 2.34. The number of hydrogen-bond acceptors (Lipinski definition) is 4. The number of benzene rings is 1. The molecule has 0 aromatic heterocycles. The highest BCUT2D eigenvalue weighted by Crippen LogP contribution is 2.29. The van der Waals surface area contributed by atoms with E-state index in [9.17, 15) is 14.5 Å². The number of nitro groups is 1. The molecule has 1 aliphatic rings. The molecule has 1 aromatic carbocycles. The smallest absolute Gasteiger partial charge is 0.292 e. The van der Waals surface area contributed by atoms with E-state index in [-0.39, 0.29) is 23.0 Å². The summed E-state index contributed by atoms with van der Waals surface area (Å²) in [6.45, 7) is 3.27. The normalized spacial score (nSPS) is 16.6. The molecule has 2 N–H and O–H groups in total. The van der Waals surface area contributed by atoms with Crippen molar-refractivity contribution < 1.29 is 9.31 Å². The van der Waals surface area contributed by atoms with Crippen LogP contribution in [0.3, 0.4) is 0 Å². The van der Waals surface area contributed by atoms with Gasteiger partial charge in [0.2, 0.25) is 0 Å². The lowest BCUT2D eigenvalue weighted by Crippen LogP contribution is -2.35. The molecule has 98 valence electrons. The number of nitrogens with one attached hydrogen (secondary N) is 2. The largest absolute Gasteiger partial charge is 0.377 e. The summed E-state index contributed by atoms with van der Waals surface area (Å²) < 4.78 is 13.5. The lowest BCUT2D eigenvalue weighted by atomic mass is 10.1. The molecule has 0 radical (unpaired) electrons. The first-order chi connectivity index (χ1) is 8.58. The van der Waals surface area contributed by atoms with Crippen LogP contribution in [0.2, 0.25) is 0 Å². The first kappa shape index (κ1) is 12.8. The van der Waals surface area contributed by atoms with Crippen molar-refractivity contribution in [2.45, 2.75) is 25.8 Å². The summed E-state index contributed by atoms with van der Waals surface area (Å²) >= 11 is 0. The maximum atomic E-state index is 13.5. The molecule has 5 nitrogen and oxygen atoms in total. The topological polar surface area (TPSA) is 67.2 Å². The number of aryl methyl sites for hydroxylation is 1. The summed E-state index contributed by atoms with van der Waals surface area (Å²) in [5, 5.41) is 17.2. The molecule has 1 saturated heterocycles. The van der Waals surface area contributed by atoms with E-state index in [0.717, 1.165) is 25.9 Å². The second-order valence-electron chi connectivity index (χ2n) is 4.54. The molecule has 0 unspecified atom stereocenters. The zero-order valence-corrected chi connectivity index (χ0v) is 10.2. The van der Waals surface area contributed by atoms with Gasteiger partial charge in [-0.2, -0.15) is 0 Å². The molecular weight excluding hydrogens is 237 g/mol. The van der Waals surface area contributed by atoms with Crippen LogP contribution >= 0.6 is 0 Å². The molecular formula is C12H16FN3O2. The molecule has 1 aliphatic heterocycles. The highest BCUT2D eigenvalue weighted by molar-refractivity contribution is 5.63. The standard InChI is InChI=1S/C12H16FN3O2/c1-8-6-12(16(17)18)11(7-10(8)13)15-9-2-4-14-5-3-9/h6-7,9,14-15H,2-5H2,1H3. The number of rotatable bonds is 3. The van der Waals surface area contributed by atoms with Crippen molar-refractivity contribution in [3.05, 3.63) is 33.6 Å². The van der Waals surface area contributed by atoms with Crippen molar-refractivity contribution in [1.29, 1.82) is 0 Å². The van der Waals surface area contributed by atoms with Gasteiger partial charge in [0.05, 0.1) is 4.92 Å². The van der Waals surface area contributed by atoms with Gasteiger partial charge in [0, 0.05) is 18.2 Å². The Hall–Kier alpha value is -1.69. The Morgan fingerprint density at radius 1 is 1.44 bits per heavy atom. The van der Waals surface area contributed by atoms with E-state index in [0.29, 0.717) is 0 Å². The van der Waals surface area contributed by atoms with Gasteiger partial charge in [-0.3, -0.25) is 10.1 Å². The monoisotopic (exact) mass is 253 g/mol. The van der Waals surface area contributed by atoms with Crippen molar-refractivity contribution in [2.75, 3.05) is 18.4 Å². The van der Waals surface area contributed by atoms with E-state index < -0.39 is 10.7 Å². The summed E-state index contributed by atoms with van der Waals surface area (Å²) in [4.78, 5) is 10.5. The van der Waals surface area contributed by atoms with Gasteiger partial charge >= 0.3 is 0 Å². The molecule has 18 heavy (non-hydrogen) atoms. The van der Waals surface area contributed by atoms with Gasteiger partial charge in [-0.1, -0.05) is 0 Å². The third-order valence-corrected chi connectivity index (χ3v) is 3.17. The minimum absolute atomic E-state index is 0.0626. The van der Waals surface area contributed by atoms with Crippen molar-refractivity contribution in [3.8, 4) is 0 Å². The molecule has 0 amide bonds. The number of piperidine rings is 1. The van der Waals surface area contributed by atoms with E-state index in [1.54, 1.807) is 0 Å². The third-order valence-electron chi connectivity index (χ3n) is 3.17. The second-order valence-corrected chi connectivity index (χ2v) is 4.54. The van der Waals surface area contributed by atoms with Crippen molar-refractivity contribution >= 4 is 11.4 Å². The average molecular weight is 253 g/mol. The van der Waals surface area contributed by atoms with Gasteiger partial charge in [-0.15, -0.1) is 0 Å². The van der Waals surface area contributed by atoms with Gasteiger partial charge in [0.1, 0.15) is 11.5 Å². The summed E-state index contributed by atoms with van der Waals surface area (Å²) in [5.41, 5.74) is 0.500. The molecule has 1 heterocycles. The molecule has 6 heteroatoms. The number of halogens is 1. The van der Waals surface area contributed by atoms with Crippen LogP contribution in [0.5, 0.6) is 0 Å². The quantitative estimate of drug-likeness (QED) is 0.640. The van der Waals surface area contributed by atoms with Crippen LogP contribution in [0.25, 0.3) is 0 Å². The number of anilines is 1. The van der Waals surface area contributed by atoms with Crippen molar-refractivity contribution in [1.82, 2.24) is 5.32 Å². The Morgan fingerprint density at radius 3 is 2.72 bits per heavy atom. The predicted octanol–water partition coefficient (Wildman–Crippen LogP) is 2.21. The van der Waals surface area contributed by atoms with E-state index in [1.165, 1.54) is 19.1 Å². The van der Waals surface area contributed by atoms with Gasteiger partial charge in [0.15, 0.2) is 0 Å². The van der Waals surface area contributed by atoms with Crippen LogP contribution in [0, 0.1) is 22.9 Å². The van der Waals surface area contributed by atoms with E-state index in [1.807, 2.05) is 0 Å². The van der Waals surface area contributed by atoms with E-state index >= 15 is 0 Å². The molecule has 2 rings (SSSR count). The maximum absolute atomic E-state index is 13.5. The second kappa shape index (κ2) is 5.30. The minimum Gasteiger partial charge on any atom is -0.377 e. The van der Waals surface area contributed by atoms with Crippen LogP contribution in [-0.2, 0) is 0 Å². The van der Waals surface area contributed by atoms with Crippen LogP contribution in [0.4, 0.5) is 15.8 Å². The minimum atomic E-state index is -0.476. The molecule has 0 aliphatic carbocycles. The van der Waals surface area contributed by atoms with Crippen molar-refractivity contribution in [2.24, 2.45) is 0 Å². The SMILES string of the molecule is Cc1cc([N+](=O)[O-])c(NC2CCNCC2)cc1F. The molecule has 0 bridgehead atoms. The van der Waals surface area contributed by atoms with Crippen LogP contribution in [0.1, 0.15) is 18.4 Å². The first-order valence-electron chi connectivity index (χ1n) is 5.99. The fraction of sp³-hybridized carbons (Fsp3) is 0.500. The summed E-state index contributed by atoms with van der Waals surface area (Å²) in [5.74, 6) is -0.419. The Kier molecular flexibility index (Phi) is 3.76. The van der Waals surface area contributed by atoms with Crippen LogP contribution < -0.4 is 10.6 Å². The summed E-state index contributed by atoms with van der Waals surface area (Å²) in [6.07, 6.45) is 1.76. The van der Waals surface area contributed by atoms with E-state index in [4.69, 9.17) is 0 Å². The number of nitrogens with zero attached hydrogens (tertiary/aromatic N) is 1. The van der Waals surface area contributed by atoms with E-state index in [2.05, 4.69) is 10.6 Å². The van der Waals surface area contributed by atoms with Crippen molar-refractivity contribution in [3.63, 3.8) is 0 Å². The Bertz CT molecular complexity index is 459. The zero-order chi connectivity index (χ0) is 13.1. The highest BCUT2D eigenvalue weighted by atomic mass is 19.1. The Balaban J connectivity index is 2.24. The lowest BCUT2D eigenvalue weighted by Gasteiger charge is -2.24. The fourth-order valence-electron chi connectivity index (χ4n) is 2.12. The molecule has 1 fully saturated rings. The van der Waals surface area contributed by atoms with Gasteiger partial charge in [-0.25, -0.2) is 4.39 Å². The number of nitro benzene ring substituents is 1. The lowest BCUT2D eigenvalue weighted by molar-refractivity contribution is -0.384. The summed E-state index contributed by atoms with van der Waals surface area (Å²) in [7, 11) is 0. The third kappa shape index (κ3) is 2.76. The Morgan fingerprint density at radius 2 is 2.11 bits per heavy atom. The van der Waals surface area contributed by atoms with Crippen LogP contribution in [0.15, 0.2) is 12.1 Å². The fourth-order valence-corrected chi connectivity index (χ4v) is 2.12. The zero-order valence-electron chi connectivity index (χ0n) is 10.2. The first-order valence-corrected chi connectivity index (χ1v) is 5.99. The van der Waals surface area contributed by atoms with Gasteiger partial charge in [-0.05, 0) is 38.4 Å². The molecule has 0 spiro atoms. The summed E-state index contributed by atoms with van der Waals surface area (Å²) in [6, 6.07) is 2.65. The molecule has 1 aromatic rings. The maximum Gasteiger partial charge on any atom is 0.292 e. The molecule has 0 saturated carbocycles. The van der Waals surface area contributed by atoms with Crippen LogP contribution in [-0.4, -0.2) is 24.1 Å². The molecule has 0 atom stereocenters. The number of hydrogen-bond donors (Lipinski definition) is 2. The highest BCUT2D eigenvalue weighted by Gasteiger charge is 2.20.